The topological polar surface area (TPSA) is 24.1 Å². The fourth-order valence-electron chi connectivity index (χ4n) is 1.72. The fourth-order valence-corrected chi connectivity index (χ4v) is 1.72. The van der Waals surface area contributed by atoms with Gasteiger partial charge in [-0.05, 0) is 25.9 Å². The highest BCUT2D eigenvalue weighted by Crippen LogP contribution is 2.28. The van der Waals surface area contributed by atoms with Crippen molar-refractivity contribution in [2.45, 2.75) is 44.6 Å². The van der Waals surface area contributed by atoms with Crippen molar-refractivity contribution in [2.75, 3.05) is 19.6 Å². The molecule has 2 N–H and O–H groups in total. The Morgan fingerprint density at radius 1 is 1.43 bits per heavy atom. The van der Waals surface area contributed by atoms with Crippen molar-refractivity contribution in [3.8, 4) is 0 Å². The largest absolute Gasteiger partial charge is 0.317 e. The minimum atomic E-state index is -2.49. The van der Waals surface area contributed by atoms with Crippen molar-refractivity contribution in [3.05, 3.63) is 0 Å². The number of hydrogen-bond acceptors (Lipinski definition) is 2. The molecule has 0 spiro atoms. The molecule has 0 aromatic heterocycles. The highest BCUT2D eigenvalue weighted by atomic mass is 19.3. The molecule has 0 amide bonds. The Hall–Kier alpha value is -0.220. The summed E-state index contributed by atoms with van der Waals surface area (Å²) in [5, 5.41) is 6.03. The monoisotopic (exact) mass is 206 g/mol. The molecular formula is C10H20F2N2. The van der Waals surface area contributed by atoms with Gasteiger partial charge in [0.2, 0.25) is 0 Å². The predicted octanol–water partition coefficient (Wildman–Crippen LogP) is 1.76. The third kappa shape index (κ3) is 3.50. The molecule has 0 aliphatic carbocycles. The Labute approximate surface area is 84.4 Å². The lowest BCUT2D eigenvalue weighted by Gasteiger charge is -2.18. The molecule has 0 aromatic carbocycles. The highest BCUT2D eigenvalue weighted by molar-refractivity contribution is 4.90. The van der Waals surface area contributed by atoms with Crippen LogP contribution in [0, 0.1) is 0 Å². The summed E-state index contributed by atoms with van der Waals surface area (Å²) in [5.41, 5.74) is 0. The fraction of sp³-hybridized carbons (Fsp3) is 1.00. The van der Waals surface area contributed by atoms with Gasteiger partial charge in [0.1, 0.15) is 0 Å². The normalized spacial score (nSPS) is 25.5. The SMILES string of the molecule is CCCCNCCC1NCCC1(F)F. The number of rotatable bonds is 6. The van der Waals surface area contributed by atoms with E-state index in [0.29, 0.717) is 19.5 Å². The molecule has 0 aromatic rings. The second-order valence-corrected chi connectivity index (χ2v) is 3.91. The molecule has 1 fully saturated rings. The molecule has 1 saturated heterocycles. The molecule has 14 heavy (non-hydrogen) atoms. The first-order valence-corrected chi connectivity index (χ1v) is 5.48. The van der Waals surface area contributed by atoms with Crippen LogP contribution in [0.25, 0.3) is 0 Å². The third-order valence-corrected chi connectivity index (χ3v) is 2.68. The zero-order valence-corrected chi connectivity index (χ0v) is 8.78. The maximum atomic E-state index is 13.1. The molecule has 1 unspecified atom stereocenters. The van der Waals surface area contributed by atoms with Gasteiger partial charge in [0.25, 0.3) is 5.92 Å². The molecule has 1 rings (SSSR count). The van der Waals surface area contributed by atoms with Crippen LogP contribution in [0.15, 0.2) is 0 Å². The van der Waals surface area contributed by atoms with E-state index in [0.717, 1.165) is 19.4 Å². The summed E-state index contributed by atoms with van der Waals surface area (Å²) in [5.74, 6) is -2.49. The Kier molecular flexibility index (Phi) is 4.75. The van der Waals surface area contributed by atoms with E-state index in [1.807, 2.05) is 0 Å². The summed E-state index contributed by atoms with van der Waals surface area (Å²) < 4.78 is 26.2. The van der Waals surface area contributed by atoms with Gasteiger partial charge in [0, 0.05) is 13.0 Å². The van der Waals surface area contributed by atoms with Crippen molar-refractivity contribution < 1.29 is 8.78 Å². The quantitative estimate of drug-likeness (QED) is 0.647. The van der Waals surface area contributed by atoms with Crippen molar-refractivity contribution in [1.82, 2.24) is 10.6 Å². The smallest absolute Gasteiger partial charge is 0.264 e. The van der Waals surface area contributed by atoms with E-state index in [2.05, 4.69) is 17.6 Å². The van der Waals surface area contributed by atoms with E-state index in [-0.39, 0.29) is 6.42 Å². The number of nitrogens with one attached hydrogen (secondary N) is 2. The number of halogens is 2. The van der Waals surface area contributed by atoms with E-state index >= 15 is 0 Å². The average Bonchev–Trinajstić information content (AvgIpc) is 2.45. The standard InChI is InChI=1S/C10H20F2N2/c1-2-3-6-13-7-4-9-10(11,12)5-8-14-9/h9,13-14H,2-8H2,1H3. The Morgan fingerprint density at radius 2 is 2.21 bits per heavy atom. The summed E-state index contributed by atoms with van der Waals surface area (Å²) in [6.45, 7) is 4.20. The van der Waals surface area contributed by atoms with Crippen molar-refractivity contribution in [2.24, 2.45) is 0 Å². The Balaban J connectivity index is 2.06. The minimum Gasteiger partial charge on any atom is -0.317 e. The molecule has 0 radical (unpaired) electrons. The van der Waals surface area contributed by atoms with Crippen LogP contribution < -0.4 is 10.6 Å². The van der Waals surface area contributed by atoms with Crippen LogP contribution in [0.4, 0.5) is 8.78 Å². The van der Waals surface area contributed by atoms with E-state index in [1.54, 1.807) is 0 Å². The van der Waals surface area contributed by atoms with Gasteiger partial charge < -0.3 is 10.6 Å². The number of unbranched alkanes of at least 4 members (excludes halogenated alkanes) is 1. The van der Waals surface area contributed by atoms with Crippen molar-refractivity contribution in [1.29, 1.82) is 0 Å². The first-order valence-electron chi connectivity index (χ1n) is 5.48. The molecule has 1 heterocycles. The highest BCUT2D eigenvalue weighted by Gasteiger charge is 2.42. The van der Waals surface area contributed by atoms with Crippen LogP contribution in [0.5, 0.6) is 0 Å². The summed E-state index contributed by atoms with van der Waals surface area (Å²) in [7, 11) is 0. The average molecular weight is 206 g/mol. The van der Waals surface area contributed by atoms with Crippen LogP contribution in [0.3, 0.4) is 0 Å². The van der Waals surface area contributed by atoms with Gasteiger partial charge in [0.05, 0.1) is 6.04 Å². The van der Waals surface area contributed by atoms with Gasteiger partial charge in [-0.15, -0.1) is 0 Å². The van der Waals surface area contributed by atoms with E-state index in [9.17, 15) is 8.78 Å². The molecule has 1 aliphatic rings. The van der Waals surface area contributed by atoms with Gasteiger partial charge in [-0.1, -0.05) is 13.3 Å². The maximum absolute atomic E-state index is 13.1. The molecule has 0 saturated carbocycles. The van der Waals surface area contributed by atoms with Crippen LogP contribution in [0.1, 0.15) is 32.6 Å². The lowest BCUT2D eigenvalue weighted by molar-refractivity contribution is -0.0129. The van der Waals surface area contributed by atoms with Crippen molar-refractivity contribution in [3.63, 3.8) is 0 Å². The lowest BCUT2D eigenvalue weighted by Crippen LogP contribution is -2.38. The van der Waals surface area contributed by atoms with E-state index < -0.39 is 12.0 Å². The Bertz CT molecular complexity index is 162. The zero-order chi connectivity index (χ0) is 10.4. The predicted molar refractivity (Wildman–Crippen MR) is 53.7 cm³/mol. The molecule has 4 heteroatoms. The summed E-state index contributed by atoms with van der Waals surface area (Å²) in [4.78, 5) is 0. The molecule has 2 nitrogen and oxygen atoms in total. The van der Waals surface area contributed by atoms with Crippen LogP contribution in [0.2, 0.25) is 0 Å². The second kappa shape index (κ2) is 5.61. The van der Waals surface area contributed by atoms with Gasteiger partial charge in [-0.25, -0.2) is 8.78 Å². The second-order valence-electron chi connectivity index (χ2n) is 3.91. The van der Waals surface area contributed by atoms with Crippen molar-refractivity contribution >= 4 is 0 Å². The van der Waals surface area contributed by atoms with Gasteiger partial charge in [-0.2, -0.15) is 0 Å². The Morgan fingerprint density at radius 3 is 2.79 bits per heavy atom. The van der Waals surface area contributed by atoms with Crippen LogP contribution >= 0.6 is 0 Å². The molecular weight excluding hydrogens is 186 g/mol. The maximum Gasteiger partial charge on any atom is 0.264 e. The summed E-state index contributed by atoms with van der Waals surface area (Å²) in [6.07, 6.45) is 2.78. The van der Waals surface area contributed by atoms with Crippen LogP contribution in [-0.2, 0) is 0 Å². The van der Waals surface area contributed by atoms with E-state index in [1.165, 1.54) is 0 Å². The van der Waals surface area contributed by atoms with Gasteiger partial charge >= 0.3 is 0 Å². The first kappa shape index (κ1) is 11.9. The van der Waals surface area contributed by atoms with Gasteiger partial charge in [0.15, 0.2) is 0 Å². The molecule has 1 aliphatic heterocycles. The van der Waals surface area contributed by atoms with Crippen LogP contribution in [-0.4, -0.2) is 31.6 Å². The number of hydrogen-bond donors (Lipinski definition) is 2. The first-order chi connectivity index (χ1) is 6.67. The van der Waals surface area contributed by atoms with Gasteiger partial charge in [-0.3, -0.25) is 0 Å². The minimum absolute atomic E-state index is 0.00731. The van der Waals surface area contributed by atoms with E-state index in [4.69, 9.17) is 0 Å². The molecule has 0 bridgehead atoms. The molecule has 84 valence electrons. The lowest BCUT2D eigenvalue weighted by atomic mass is 10.1. The molecule has 1 atom stereocenters. The third-order valence-electron chi connectivity index (χ3n) is 2.68. The summed E-state index contributed by atoms with van der Waals surface area (Å²) in [6, 6.07) is -0.614. The zero-order valence-electron chi connectivity index (χ0n) is 8.78. The summed E-state index contributed by atoms with van der Waals surface area (Å²) >= 11 is 0. The number of alkyl halides is 2.